The van der Waals surface area contributed by atoms with Gasteiger partial charge >= 0.3 is 0 Å². The van der Waals surface area contributed by atoms with Gasteiger partial charge in [0.1, 0.15) is 0 Å². The van der Waals surface area contributed by atoms with Crippen LogP contribution < -0.4 is 11.1 Å². The Bertz CT molecular complexity index is 240. The van der Waals surface area contributed by atoms with E-state index in [9.17, 15) is 14.4 Å². The maximum Gasteiger partial charge on any atom is 0.286 e. The molecule has 0 fully saturated rings. The average Bonchev–Trinajstić information content (AvgIpc) is 1.97. The van der Waals surface area contributed by atoms with E-state index in [0.29, 0.717) is 0 Å². The van der Waals surface area contributed by atoms with Gasteiger partial charge in [0.05, 0.1) is 6.54 Å². The number of ketones is 1. The van der Waals surface area contributed by atoms with E-state index in [1.807, 2.05) is 0 Å². The zero-order valence-electron chi connectivity index (χ0n) is 8.01. The van der Waals surface area contributed by atoms with E-state index in [0.717, 1.165) is 0 Å². The second kappa shape index (κ2) is 4.02. The normalized spacial score (nSPS) is 10.7. The molecule has 0 saturated carbocycles. The standard InChI is InChI=1S/C8H14N2O3/c1-8(2,3)7(13)10-4-5(11)6(9)12/h4H2,1-3H3,(H2,9,12)(H,10,13). The van der Waals surface area contributed by atoms with Crippen molar-refractivity contribution >= 4 is 17.6 Å². The third-order valence-corrected chi connectivity index (χ3v) is 1.37. The Balaban J connectivity index is 3.99. The van der Waals surface area contributed by atoms with E-state index in [1.54, 1.807) is 20.8 Å². The molecule has 2 amide bonds. The Morgan fingerprint density at radius 1 is 1.23 bits per heavy atom. The number of rotatable bonds is 3. The lowest BCUT2D eigenvalue weighted by atomic mass is 9.96. The van der Waals surface area contributed by atoms with Crippen molar-refractivity contribution in [2.24, 2.45) is 11.1 Å². The first-order valence-electron chi connectivity index (χ1n) is 3.86. The molecule has 0 saturated heterocycles. The number of nitrogens with two attached hydrogens (primary N) is 1. The van der Waals surface area contributed by atoms with Gasteiger partial charge in [-0.3, -0.25) is 14.4 Å². The summed E-state index contributed by atoms with van der Waals surface area (Å²) < 4.78 is 0. The van der Waals surface area contributed by atoms with Gasteiger partial charge in [-0.15, -0.1) is 0 Å². The number of carbonyl (C=O) groups excluding carboxylic acids is 3. The van der Waals surface area contributed by atoms with Gasteiger partial charge in [0.25, 0.3) is 5.91 Å². The fraction of sp³-hybridized carbons (Fsp3) is 0.625. The Morgan fingerprint density at radius 3 is 2.00 bits per heavy atom. The molecule has 0 rings (SSSR count). The number of primary amides is 1. The maximum atomic E-state index is 11.2. The Morgan fingerprint density at radius 2 is 1.69 bits per heavy atom. The molecule has 3 N–H and O–H groups in total. The molecular weight excluding hydrogens is 172 g/mol. The van der Waals surface area contributed by atoms with E-state index in [2.05, 4.69) is 5.32 Å². The topological polar surface area (TPSA) is 89.3 Å². The van der Waals surface area contributed by atoms with E-state index in [4.69, 9.17) is 5.73 Å². The van der Waals surface area contributed by atoms with Crippen LogP contribution in [0, 0.1) is 5.41 Å². The Labute approximate surface area is 76.7 Å². The van der Waals surface area contributed by atoms with Crippen molar-refractivity contribution in [3.05, 3.63) is 0 Å². The molecule has 0 atom stereocenters. The van der Waals surface area contributed by atoms with Crippen LogP contribution in [0.1, 0.15) is 20.8 Å². The number of carbonyl (C=O) groups is 3. The summed E-state index contributed by atoms with van der Waals surface area (Å²) in [6.07, 6.45) is 0. The SMILES string of the molecule is CC(C)(C)C(=O)NCC(=O)C(N)=O. The van der Waals surface area contributed by atoms with Crippen LogP contribution in [0.3, 0.4) is 0 Å². The summed E-state index contributed by atoms with van der Waals surface area (Å²) in [5, 5.41) is 2.31. The molecule has 0 aliphatic heterocycles. The third-order valence-electron chi connectivity index (χ3n) is 1.37. The van der Waals surface area contributed by atoms with Gasteiger partial charge in [-0.25, -0.2) is 0 Å². The summed E-state index contributed by atoms with van der Waals surface area (Å²) in [5.41, 5.74) is 4.12. The highest BCUT2D eigenvalue weighted by Crippen LogP contribution is 2.11. The van der Waals surface area contributed by atoms with Gasteiger partial charge in [-0.2, -0.15) is 0 Å². The predicted molar refractivity (Wildman–Crippen MR) is 46.7 cm³/mol. The quantitative estimate of drug-likeness (QED) is 0.565. The average molecular weight is 186 g/mol. The fourth-order valence-electron chi connectivity index (χ4n) is 0.513. The smallest absolute Gasteiger partial charge is 0.286 e. The number of amides is 2. The van der Waals surface area contributed by atoms with Crippen LogP contribution in [-0.2, 0) is 14.4 Å². The zero-order valence-corrected chi connectivity index (χ0v) is 8.01. The van der Waals surface area contributed by atoms with E-state index in [1.165, 1.54) is 0 Å². The van der Waals surface area contributed by atoms with E-state index >= 15 is 0 Å². The molecular formula is C8H14N2O3. The zero-order chi connectivity index (χ0) is 10.6. The van der Waals surface area contributed by atoms with Gasteiger partial charge in [0, 0.05) is 5.41 Å². The fourth-order valence-corrected chi connectivity index (χ4v) is 0.513. The van der Waals surface area contributed by atoms with Crippen LogP contribution >= 0.6 is 0 Å². The van der Waals surface area contributed by atoms with Gasteiger partial charge in [-0.05, 0) is 0 Å². The molecule has 0 aromatic carbocycles. The highest BCUT2D eigenvalue weighted by atomic mass is 16.2. The second-order valence-electron chi connectivity index (χ2n) is 3.72. The molecule has 13 heavy (non-hydrogen) atoms. The molecule has 0 radical (unpaired) electrons. The van der Waals surface area contributed by atoms with Gasteiger partial charge in [0.2, 0.25) is 11.7 Å². The first-order valence-corrected chi connectivity index (χ1v) is 3.86. The largest absolute Gasteiger partial charge is 0.363 e. The van der Waals surface area contributed by atoms with Crippen molar-refractivity contribution in [1.29, 1.82) is 0 Å². The minimum atomic E-state index is -1.03. The number of hydrogen-bond donors (Lipinski definition) is 2. The molecule has 0 unspecified atom stereocenters. The minimum absolute atomic E-state index is 0.290. The first-order chi connectivity index (χ1) is 5.75. The van der Waals surface area contributed by atoms with Crippen LogP contribution in [0.2, 0.25) is 0 Å². The van der Waals surface area contributed by atoms with Gasteiger partial charge < -0.3 is 11.1 Å². The summed E-state index contributed by atoms with van der Waals surface area (Å²) in [5.74, 6) is -2.12. The van der Waals surface area contributed by atoms with Gasteiger partial charge in [-0.1, -0.05) is 20.8 Å². The minimum Gasteiger partial charge on any atom is -0.363 e. The molecule has 5 heteroatoms. The molecule has 74 valence electrons. The molecule has 5 nitrogen and oxygen atoms in total. The molecule has 0 aliphatic rings. The molecule has 0 aromatic rings. The molecule has 0 bridgehead atoms. The summed E-state index contributed by atoms with van der Waals surface area (Å²) in [4.78, 5) is 32.1. The highest BCUT2D eigenvalue weighted by Gasteiger charge is 2.22. The van der Waals surface area contributed by atoms with Crippen LogP contribution in [0.25, 0.3) is 0 Å². The number of Topliss-reactive ketones (excluding diaryl/α,β-unsaturated/α-hetero) is 1. The monoisotopic (exact) mass is 186 g/mol. The van der Waals surface area contributed by atoms with E-state index in [-0.39, 0.29) is 12.5 Å². The Hall–Kier alpha value is -1.39. The third kappa shape index (κ3) is 4.25. The lowest BCUT2D eigenvalue weighted by molar-refractivity contribution is -0.137. The molecule has 0 aromatic heterocycles. The summed E-state index contributed by atoms with van der Waals surface area (Å²) in [6.45, 7) is 4.79. The van der Waals surface area contributed by atoms with Crippen LogP contribution in [0.4, 0.5) is 0 Å². The van der Waals surface area contributed by atoms with Crippen molar-refractivity contribution in [2.45, 2.75) is 20.8 Å². The number of nitrogens with one attached hydrogen (secondary N) is 1. The molecule has 0 heterocycles. The van der Waals surface area contributed by atoms with Gasteiger partial charge in [0.15, 0.2) is 0 Å². The van der Waals surface area contributed by atoms with Crippen LogP contribution in [0.5, 0.6) is 0 Å². The van der Waals surface area contributed by atoms with Crippen molar-refractivity contribution < 1.29 is 14.4 Å². The highest BCUT2D eigenvalue weighted by molar-refractivity contribution is 6.36. The summed E-state index contributed by atoms with van der Waals surface area (Å²) >= 11 is 0. The van der Waals surface area contributed by atoms with Crippen LogP contribution in [0.15, 0.2) is 0 Å². The summed E-state index contributed by atoms with van der Waals surface area (Å²) in [7, 11) is 0. The lowest BCUT2D eigenvalue weighted by Crippen LogP contribution is -2.41. The van der Waals surface area contributed by atoms with Crippen LogP contribution in [-0.4, -0.2) is 24.1 Å². The molecule has 0 spiro atoms. The van der Waals surface area contributed by atoms with Crippen molar-refractivity contribution in [3.8, 4) is 0 Å². The first kappa shape index (κ1) is 11.6. The predicted octanol–water partition coefficient (Wildman–Crippen LogP) is -0.797. The lowest BCUT2D eigenvalue weighted by Gasteiger charge is -2.16. The van der Waals surface area contributed by atoms with Crippen molar-refractivity contribution in [1.82, 2.24) is 5.32 Å². The van der Waals surface area contributed by atoms with Crippen molar-refractivity contribution in [3.63, 3.8) is 0 Å². The van der Waals surface area contributed by atoms with Crippen molar-refractivity contribution in [2.75, 3.05) is 6.54 Å². The number of hydrogen-bond acceptors (Lipinski definition) is 3. The Kier molecular flexibility index (Phi) is 3.59. The van der Waals surface area contributed by atoms with E-state index < -0.39 is 17.1 Å². The maximum absolute atomic E-state index is 11.2. The molecule has 0 aliphatic carbocycles. The summed E-state index contributed by atoms with van der Waals surface area (Å²) in [6, 6.07) is 0. The second-order valence-corrected chi connectivity index (χ2v) is 3.72.